The van der Waals surface area contributed by atoms with E-state index in [0.717, 1.165) is 23.0 Å². The Morgan fingerprint density at radius 1 is 1.04 bits per heavy atom. The summed E-state index contributed by atoms with van der Waals surface area (Å²) in [6.45, 7) is 10.9. The maximum absolute atomic E-state index is 11.5. The first-order chi connectivity index (χ1) is 9.60. The number of hydrogen-bond donors (Lipinski definition) is 1. The van der Waals surface area contributed by atoms with E-state index in [1.807, 2.05) is 24.3 Å². The summed E-state index contributed by atoms with van der Waals surface area (Å²) in [6.07, 6.45) is 0.944. The summed E-state index contributed by atoms with van der Waals surface area (Å²) in [7, 11) is 0. The molecule has 4 nitrogen and oxygen atoms in total. The van der Waals surface area contributed by atoms with Crippen LogP contribution in [0.5, 0.6) is 0 Å². The van der Waals surface area contributed by atoms with Gasteiger partial charge < -0.3 is 5.73 Å². The molecule has 1 aromatic heterocycles. The first-order valence-electron chi connectivity index (χ1n) is 7.17. The van der Waals surface area contributed by atoms with Gasteiger partial charge in [0, 0.05) is 10.8 Å². The second-order valence-electron chi connectivity index (χ2n) is 7.40. The largest absolute Gasteiger partial charge is 0.363 e. The maximum atomic E-state index is 11.5. The van der Waals surface area contributed by atoms with E-state index in [1.165, 1.54) is 0 Å². The van der Waals surface area contributed by atoms with Gasteiger partial charge in [-0.3, -0.25) is 4.79 Å². The Labute approximate surface area is 150 Å². The lowest BCUT2D eigenvalue weighted by Gasteiger charge is -2.32. The molecule has 0 saturated carbocycles. The van der Waals surface area contributed by atoms with Crippen LogP contribution in [-0.2, 0) is 5.41 Å². The molecule has 0 atom stereocenters. The Balaban J connectivity index is 0.00000242. The number of carbonyl (C=O) groups is 1. The topological polar surface area (TPSA) is 68.9 Å². The summed E-state index contributed by atoms with van der Waals surface area (Å²) in [6, 6.07) is 7.76. The fraction of sp³-hybridized carbons (Fsp3) is 0.471. The van der Waals surface area contributed by atoms with Crippen LogP contribution in [0.2, 0.25) is 0 Å². The normalized spacial score (nSPS) is 11.5. The van der Waals surface area contributed by atoms with Crippen LogP contribution in [0.3, 0.4) is 0 Å². The highest BCUT2D eigenvalue weighted by Gasteiger charge is 2.31. The number of carbonyl (C=O) groups excluding carboxylic acids is 1. The van der Waals surface area contributed by atoms with Crippen LogP contribution in [0, 0.1) is 5.41 Å². The van der Waals surface area contributed by atoms with Crippen molar-refractivity contribution in [2.24, 2.45) is 11.1 Å². The van der Waals surface area contributed by atoms with Crippen LogP contribution in [0.4, 0.5) is 0 Å². The molecule has 23 heavy (non-hydrogen) atoms. The average Bonchev–Trinajstić information content (AvgIpc) is 2.34. The summed E-state index contributed by atoms with van der Waals surface area (Å²) in [4.78, 5) is 20.2. The predicted octanol–water partition coefficient (Wildman–Crippen LogP) is 4.29. The smallest absolute Gasteiger partial charge is 0.286 e. The Morgan fingerprint density at radius 3 is 2.13 bits per heavy atom. The number of benzene rings is 1. The quantitative estimate of drug-likeness (QED) is 0.890. The van der Waals surface area contributed by atoms with Gasteiger partial charge in [-0.15, -0.1) is 24.8 Å². The van der Waals surface area contributed by atoms with E-state index < -0.39 is 5.91 Å². The number of amides is 1. The minimum absolute atomic E-state index is 0. The molecule has 0 unspecified atom stereocenters. The molecule has 1 aromatic carbocycles. The zero-order chi connectivity index (χ0) is 15.8. The van der Waals surface area contributed by atoms with E-state index >= 15 is 0 Å². The second-order valence-corrected chi connectivity index (χ2v) is 7.40. The molecule has 6 heteroatoms. The van der Waals surface area contributed by atoms with Crippen molar-refractivity contribution in [3.63, 3.8) is 0 Å². The molecule has 0 aliphatic heterocycles. The van der Waals surface area contributed by atoms with Crippen molar-refractivity contribution in [2.45, 2.75) is 46.5 Å². The molecule has 0 bridgehead atoms. The highest BCUT2D eigenvalue weighted by molar-refractivity contribution is 5.92. The Kier molecular flexibility index (Phi) is 7.00. The third-order valence-electron chi connectivity index (χ3n) is 3.44. The molecule has 0 fully saturated rings. The summed E-state index contributed by atoms with van der Waals surface area (Å²) in [5.74, 6) is -0.501. The lowest BCUT2D eigenvalue weighted by atomic mass is 9.73. The predicted molar refractivity (Wildman–Crippen MR) is 99.6 cm³/mol. The summed E-state index contributed by atoms with van der Waals surface area (Å²) in [5, 5.41) is 0.983. The van der Waals surface area contributed by atoms with Crippen LogP contribution < -0.4 is 5.73 Å². The van der Waals surface area contributed by atoms with Gasteiger partial charge in [0.05, 0.1) is 11.2 Å². The van der Waals surface area contributed by atoms with Crippen molar-refractivity contribution in [3.05, 3.63) is 35.8 Å². The molecule has 1 amide bonds. The van der Waals surface area contributed by atoms with Crippen LogP contribution in [0.1, 0.15) is 57.4 Å². The molecular weight excluding hydrogens is 333 g/mol. The fourth-order valence-corrected chi connectivity index (χ4v) is 3.11. The number of aromatic nitrogens is 2. The molecule has 0 radical (unpaired) electrons. The van der Waals surface area contributed by atoms with Gasteiger partial charge in [-0.25, -0.2) is 9.97 Å². The second kappa shape index (κ2) is 7.45. The summed E-state index contributed by atoms with van der Waals surface area (Å²) in [5.41, 5.74) is 7.01. The third-order valence-corrected chi connectivity index (χ3v) is 3.44. The lowest BCUT2D eigenvalue weighted by Crippen LogP contribution is -2.28. The molecule has 0 spiro atoms. The van der Waals surface area contributed by atoms with Crippen molar-refractivity contribution in [2.75, 3.05) is 0 Å². The average molecular weight is 358 g/mol. The molecule has 0 saturated heterocycles. The van der Waals surface area contributed by atoms with Gasteiger partial charge in [0.2, 0.25) is 5.82 Å². The zero-order valence-corrected chi connectivity index (χ0v) is 15.8. The van der Waals surface area contributed by atoms with Gasteiger partial charge in [-0.05, 0) is 17.9 Å². The van der Waals surface area contributed by atoms with Crippen LogP contribution in [0.15, 0.2) is 24.3 Å². The van der Waals surface area contributed by atoms with Crippen molar-refractivity contribution in [1.29, 1.82) is 0 Å². The molecule has 2 rings (SSSR count). The van der Waals surface area contributed by atoms with E-state index in [2.05, 4.69) is 44.6 Å². The molecular formula is C17H25Cl2N3O. The number of nitrogens with zero attached hydrogens (tertiary/aromatic N) is 2. The monoisotopic (exact) mass is 357 g/mol. The number of para-hydroxylation sites is 1. The first kappa shape index (κ1) is 21.6. The standard InChI is InChI=1S/C17H23N3O.2ClH/c1-16(2,3)10-17(4,5)13-11-8-6-7-9-12(11)19-15(20-13)14(18)21;;/h6-9H,10H2,1-5H3,(H2,18,21);2*1H. The summed E-state index contributed by atoms with van der Waals surface area (Å²) >= 11 is 0. The van der Waals surface area contributed by atoms with E-state index in [-0.39, 0.29) is 41.5 Å². The minimum atomic E-state index is -0.589. The van der Waals surface area contributed by atoms with Crippen LogP contribution in [0.25, 0.3) is 10.9 Å². The van der Waals surface area contributed by atoms with Crippen LogP contribution >= 0.6 is 24.8 Å². The lowest BCUT2D eigenvalue weighted by molar-refractivity contribution is 0.0990. The highest BCUT2D eigenvalue weighted by atomic mass is 35.5. The minimum Gasteiger partial charge on any atom is -0.363 e. The van der Waals surface area contributed by atoms with Crippen LogP contribution in [-0.4, -0.2) is 15.9 Å². The van der Waals surface area contributed by atoms with Crippen molar-refractivity contribution in [3.8, 4) is 0 Å². The number of primary amides is 1. The number of halogens is 2. The fourth-order valence-electron chi connectivity index (χ4n) is 3.11. The van der Waals surface area contributed by atoms with E-state index in [4.69, 9.17) is 5.73 Å². The zero-order valence-electron chi connectivity index (χ0n) is 14.2. The van der Waals surface area contributed by atoms with Gasteiger partial charge in [0.1, 0.15) is 0 Å². The van der Waals surface area contributed by atoms with Crippen molar-refractivity contribution < 1.29 is 4.79 Å². The van der Waals surface area contributed by atoms with E-state index in [1.54, 1.807) is 0 Å². The van der Waals surface area contributed by atoms with Gasteiger partial charge in [-0.2, -0.15) is 0 Å². The highest BCUT2D eigenvalue weighted by Crippen LogP contribution is 2.37. The molecule has 128 valence electrons. The first-order valence-corrected chi connectivity index (χ1v) is 7.17. The molecule has 2 aromatic rings. The van der Waals surface area contributed by atoms with Gasteiger partial charge in [0.15, 0.2) is 0 Å². The SMILES string of the molecule is CC(C)(C)CC(C)(C)c1nc(C(N)=O)nc2ccccc12.Cl.Cl. The van der Waals surface area contributed by atoms with Gasteiger partial charge >= 0.3 is 0 Å². The van der Waals surface area contributed by atoms with Crippen molar-refractivity contribution in [1.82, 2.24) is 9.97 Å². The Hall–Kier alpha value is -1.39. The molecule has 2 N–H and O–H groups in total. The molecule has 0 aliphatic rings. The number of rotatable bonds is 3. The Bertz CT molecular complexity index is 694. The summed E-state index contributed by atoms with van der Waals surface area (Å²) < 4.78 is 0. The van der Waals surface area contributed by atoms with E-state index in [9.17, 15) is 4.79 Å². The third kappa shape index (κ3) is 5.05. The van der Waals surface area contributed by atoms with Crippen molar-refractivity contribution >= 4 is 41.6 Å². The molecule has 1 heterocycles. The maximum Gasteiger partial charge on any atom is 0.286 e. The Morgan fingerprint density at radius 2 is 1.61 bits per heavy atom. The van der Waals surface area contributed by atoms with E-state index in [0.29, 0.717) is 0 Å². The number of nitrogens with two attached hydrogens (primary N) is 1. The molecule has 0 aliphatic carbocycles. The van der Waals surface area contributed by atoms with Gasteiger partial charge in [-0.1, -0.05) is 52.8 Å². The number of hydrogen-bond acceptors (Lipinski definition) is 3. The van der Waals surface area contributed by atoms with Gasteiger partial charge in [0.25, 0.3) is 5.91 Å². The number of fused-ring (bicyclic) bond motifs is 1.